The minimum absolute atomic E-state index is 0.0429. The molecule has 0 aromatic heterocycles. The minimum atomic E-state index is -0.261. The fraction of sp³-hybridized carbons (Fsp3) is 0.467. The number of hydrogen-bond acceptors (Lipinski definition) is 2. The summed E-state index contributed by atoms with van der Waals surface area (Å²) in [5, 5.41) is 6.48. The topological polar surface area (TPSA) is 58.2 Å². The van der Waals surface area contributed by atoms with Crippen molar-refractivity contribution in [2.75, 3.05) is 5.32 Å². The summed E-state index contributed by atoms with van der Waals surface area (Å²) in [6, 6.07) is 5.04. The first-order chi connectivity index (χ1) is 9.92. The predicted octanol–water partition coefficient (Wildman–Crippen LogP) is 3.48. The fourth-order valence-corrected chi connectivity index (χ4v) is 2.33. The number of anilines is 1. The molecule has 2 rings (SSSR count). The molecule has 0 spiro atoms. The Kier molecular flexibility index (Phi) is 5.12. The van der Waals surface area contributed by atoms with Crippen molar-refractivity contribution in [1.29, 1.82) is 0 Å². The molecule has 4 nitrogen and oxygen atoms in total. The lowest BCUT2D eigenvalue weighted by Crippen LogP contribution is -2.34. The third-order valence-corrected chi connectivity index (χ3v) is 4.39. The Hall–Kier alpha value is -1.26. The maximum atomic E-state index is 12.1. The van der Waals surface area contributed by atoms with Crippen LogP contribution < -0.4 is 10.6 Å². The monoisotopic (exact) mass is 328 g/mol. The van der Waals surface area contributed by atoms with Crippen LogP contribution in [0.3, 0.4) is 0 Å². The molecule has 0 heterocycles. The summed E-state index contributed by atoms with van der Waals surface area (Å²) in [6.07, 6.45) is 1.47. The second kappa shape index (κ2) is 6.67. The summed E-state index contributed by atoms with van der Waals surface area (Å²) in [7, 11) is 0. The lowest BCUT2D eigenvalue weighted by molar-refractivity contribution is -0.125. The van der Waals surface area contributed by atoms with E-state index in [4.69, 9.17) is 23.2 Å². The average Bonchev–Trinajstić information content (AvgIpc) is 3.23. The van der Waals surface area contributed by atoms with Gasteiger partial charge in [0.05, 0.1) is 21.9 Å². The van der Waals surface area contributed by atoms with E-state index in [-0.39, 0.29) is 29.7 Å². The molecule has 2 amide bonds. The number of carbonyl (C=O) groups excluding carboxylic acids is 2. The van der Waals surface area contributed by atoms with Crippen molar-refractivity contribution in [3.05, 3.63) is 28.2 Å². The number of carbonyl (C=O) groups is 2. The summed E-state index contributed by atoms with van der Waals surface area (Å²) >= 11 is 11.7. The van der Waals surface area contributed by atoms with Gasteiger partial charge in [0.15, 0.2) is 0 Å². The Labute approximate surface area is 134 Å². The summed E-state index contributed by atoms with van der Waals surface area (Å²) in [6.45, 7) is 3.96. The van der Waals surface area contributed by atoms with Crippen LogP contribution in [-0.2, 0) is 9.59 Å². The van der Waals surface area contributed by atoms with E-state index in [1.165, 1.54) is 0 Å². The van der Waals surface area contributed by atoms with Gasteiger partial charge in [0.2, 0.25) is 11.8 Å². The normalized spacial score (nSPS) is 21.5. The van der Waals surface area contributed by atoms with Crippen molar-refractivity contribution in [3.8, 4) is 0 Å². The Balaban J connectivity index is 1.88. The van der Waals surface area contributed by atoms with Gasteiger partial charge in [-0.3, -0.25) is 9.59 Å². The molecule has 1 saturated carbocycles. The van der Waals surface area contributed by atoms with Crippen LogP contribution in [0.1, 0.15) is 26.7 Å². The number of halogens is 2. The highest BCUT2D eigenvalue weighted by atomic mass is 35.5. The van der Waals surface area contributed by atoms with Crippen molar-refractivity contribution >= 4 is 40.7 Å². The quantitative estimate of drug-likeness (QED) is 0.869. The van der Waals surface area contributed by atoms with Gasteiger partial charge in [-0.25, -0.2) is 0 Å². The van der Waals surface area contributed by atoms with Gasteiger partial charge in [-0.1, -0.05) is 30.1 Å². The third kappa shape index (κ3) is 4.11. The second-order valence-corrected chi connectivity index (χ2v) is 6.20. The third-order valence-electron chi connectivity index (χ3n) is 3.65. The molecule has 1 aromatic carbocycles. The summed E-state index contributed by atoms with van der Waals surface area (Å²) in [4.78, 5) is 24.0. The van der Waals surface area contributed by atoms with Crippen molar-refractivity contribution in [3.63, 3.8) is 0 Å². The number of nitrogens with one attached hydrogen (secondary N) is 2. The van der Waals surface area contributed by atoms with Crippen LogP contribution in [0.2, 0.25) is 10.0 Å². The fourth-order valence-electron chi connectivity index (χ4n) is 2.04. The van der Waals surface area contributed by atoms with Gasteiger partial charge in [0, 0.05) is 11.7 Å². The average molecular weight is 329 g/mol. The van der Waals surface area contributed by atoms with Gasteiger partial charge in [-0.15, -0.1) is 0 Å². The lowest BCUT2D eigenvalue weighted by Gasteiger charge is -2.11. The van der Waals surface area contributed by atoms with E-state index >= 15 is 0 Å². The summed E-state index contributed by atoms with van der Waals surface area (Å²) in [5.74, 6) is -0.679. The number of hydrogen-bond donors (Lipinski definition) is 2. The van der Waals surface area contributed by atoms with E-state index < -0.39 is 0 Å². The Morgan fingerprint density at radius 2 is 1.90 bits per heavy atom. The van der Waals surface area contributed by atoms with Crippen LogP contribution in [0.25, 0.3) is 0 Å². The Bertz CT molecular complexity index is 563. The molecule has 1 fully saturated rings. The maximum Gasteiger partial charge on any atom is 0.228 e. The zero-order chi connectivity index (χ0) is 15.6. The number of amides is 2. The molecular formula is C15H18Cl2N2O2. The van der Waals surface area contributed by atoms with Gasteiger partial charge in [0.1, 0.15) is 0 Å². The highest BCUT2D eigenvalue weighted by Crippen LogP contribution is 2.39. The zero-order valence-electron chi connectivity index (χ0n) is 12.0. The SMILES string of the molecule is CCC(C)NC(=O)C1CC1C(=O)Nc1ccc(Cl)c(Cl)c1. The van der Waals surface area contributed by atoms with Crippen LogP contribution in [0.4, 0.5) is 5.69 Å². The first kappa shape index (κ1) is 16.1. The maximum absolute atomic E-state index is 12.1. The van der Waals surface area contributed by atoms with Gasteiger partial charge in [-0.05, 0) is 38.0 Å². The van der Waals surface area contributed by atoms with Crippen molar-refractivity contribution < 1.29 is 9.59 Å². The van der Waals surface area contributed by atoms with Crippen LogP contribution in [0, 0.1) is 11.8 Å². The van der Waals surface area contributed by atoms with Crippen molar-refractivity contribution in [1.82, 2.24) is 5.32 Å². The lowest BCUT2D eigenvalue weighted by atomic mass is 10.2. The molecule has 0 aliphatic heterocycles. The van der Waals surface area contributed by atoms with Crippen molar-refractivity contribution in [2.24, 2.45) is 11.8 Å². The molecule has 3 atom stereocenters. The van der Waals surface area contributed by atoms with Crippen LogP contribution in [0.15, 0.2) is 18.2 Å². The molecule has 1 aliphatic carbocycles. The van der Waals surface area contributed by atoms with E-state index in [1.54, 1.807) is 18.2 Å². The standard InChI is InChI=1S/C15H18Cl2N2O2/c1-3-8(2)18-14(20)10-7-11(10)15(21)19-9-4-5-12(16)13(17)6-9/h4-6,8,10-11H,3,7H2,1-2H3,(H,18,20)(H,19,21). The molecule has 2 N–H and O–H groups in total. The summed E-state index contributed by atoms with van der Waals surface area (Å²) in [5.41, 5.74) is 0.586. The Morgan fingerprint density at radius 3 is 2.52 bits per heavy atom. The van der Waals surface area contributed by atoms with Gasteiger partial charge in [-0.2, -0.15) is 0 Å². The van der Waals surface area contributed by atoms with Gasteiger partial charge < -0.3 is 10.6 Å². The van der Waals surface area contributed by atoms with Crippen LogP contribution in [0.5, 0.6) is 0 Å². The first-order valence-corrected chi connectivity index (χ1v) is 7.74. The largest absolute Gasteiger partial charge is 0.353 e. The van der Waals surface area contributed by atoms with Gasteiger partial charge in [0.25, 0.3) is 0 Å². The van der Waals surface area contributed by atoms with E-state index in [9.17, 15) is 9.59 Å². The highest BCUT2D eigenvalue weighted by Gasteiger charge is 2.48. The minimum Gasteiger partial charge on any atom is -0.353 e. The van der Waals surface area contributed by atoms with E-state index in [0.717, 1.165) is 6.42 Å². The highest BCUT2D eigenvalue weighted by molar-refractivity contribution is 6.42. The van der Waals surface area contributed by atoms with Crippen LogP contribution >= 0.6 is 23.2 Å². The predicted molar refractivity (Wildman–Crippen MR) is 84.6 cm³/mol. The van der Waals surface area contributed by atoms with Gasteiger partial charge >= 0.3 is 0 Å². The molecule has 1 aromatic rings. The zero-order valence-corrected chi connectivity index (χ0v) is 13.5. The number of benzene rings is 1. The molecule has 6 heteroatoms. The molecule has 3 unspecified atom stereocenters. The smallest absolute Gasteiger partial charge is 0.228 e. The molecule has 0 radical (unpaired) electrons. The van der Waals surface area contributed by atoms with Crippen LogP contribution in [-0.4, -0.2) is 17.9 Å². The van der Waals surface area contributed by atoms with Crippen molar-refractivity contribution in [2.45, 2.75) is 32.7 Å². The molecule has 0 bridgehead atoms. The number of rotatable bonds is 5. The first-order valence-electron chi connectivity index (χ1n) is 6.98. The molecule has 21 heavy (non-hydrogen) atoms. The van der Waals surface area contributed by atoms with E-state index in [1.807, 2.05) is 13.8 Å². The van der Waals surface area contributed by atoms with E-state index in [0.29, 0.717) is 22.2 Å². The molecule has 0 saturated heterocycles. The molecule has 114 valence electrons. The Morgan fingerprint density at radius 1 is 1.24 bits per heavy atom. The second-order valence-electron chi connectivity index (χ2n) is 5.38. The molecule has 1 aliphatic rings. The van der Waals surface area contributed by atoms with E-state index in [2.05, 4.69) is 10.6 Å². The molecular weight excluding hydrogens is 311 g/mol. The summed E-state index contributed by atoms with van der Waals surface area (Å²) < 4.78 is 0.